The molecule has 140 valence electrons. The van der Waals surface area contributed by atoms with Crippen LogP contribution in [-0.2, 0) is 9.59 Å². The molecule has 6 atom stereocenters. The van der Waals surface area contributed by atoms with E-state index in [2.05, 4.69) is 12.2 Å². The van der Waals surface area contributed by atoms with Crippen molar-refractivity contribution in [1.82, 2.24) is 0 Å². The van der Waals surface area contributed by atoms with Crippen molar-refractivity contribution in [3.63, 3.8) is 0 Å². The third-order valence-corrected chi connectivity index (χ3v) is 6.67. The van der Waals surface area contributed by atoms with Gasteiger partial charge in [0.15, 0.2) is 0 Å². The minimum atomic E-state index is -0.628. The van der Waals surface area contributed by atoms with Gasteiger partial charge in [-0.3, -0.25) is 9.59 Å². The molecule has 0 unspecified atom stereocenters. The van der Waals surface area contributed by atoms with Crippen molar-refractivity contribution in [3.05, 3.63) is 60.6 Å². The first-order valence-electron chi connectivity index (χ1n) is 9.55. The third kappa shape index (κ3) is 2.06. The van der Waals surface area contributed by atoms with Crippen LogP contribution in [0.15, 0.2) is 59.2 Å². The van der Waals surface area contributed by atoms with E-state index in [9.17, 15) is 14.4 Å². The molecule has 4 aliphatic carbocycles. The molecule has 6 nitrogen and oxygen atoms in total. The van der Waals surface area contributed by atoms with Gasteiger partial charge in [0.2, 0.25) is 17.6 Å². The highest BCUT2D eigenvalue weighted by Crippen LogP contribution is 2.65. The topological polar surface area (TPSA) is 76.8 Å². The van der Waals surface area contributed by atoms with Crippen molar-refractivity contribution in [2.24, 2.45) is 35.5 Å². The van der Waals surface area contributed by atoms with Crippen LogP contribution in [0, 0.1) is 35.5 Å². The first-order valence-corrected chi connectivity index (χ1v) is 9.55. The molecule has 1 saturated heterocycles. The maximum absolute atomic E-state index is 13.2. The predicted molar refractivity (Wildman–Crippen MR) is 97.3 cm³/mol. The number of furan rings is 1. The summed E-state index contributed by atoms with van der Waals surface area (Å²) in [5, 5.41) is 0. The normalized spacial score (nSPS) is 34.4. The number of esters is 1. The fraction of sp³-hybridized carbons (Fsp3) is 0.318. The summed E-state index contributed by atoms with van der Waals surface area (Å²) in [6.07, 6.45) is 6.82. The van der Waals surface area contributed by atoms with E-state index in [1.54, 1.807) is 30.3 Å². The highest BCUT2D eigenvalue weighted by molar-refractivity contribution is 6.22. The van der Waals surface area contributed by atoms with Gasteiger partial charge in [-0.15, -0.1) is 0 Å². The van der Waals surface area contributed by atoms with Crippen molar-refractivity contribution < 1.29 is 23.5 Å². The highest BCUT2D eigenvalue weighted by atomic mass is 16.5. The Hall–Kier alpha value is -3.15. The maximum Gasteiger partial charge on any atom is 0.379 e. The number of rotatable bonds is 3. The van der Waals surface area contributed by atoms with Gasteiger partial charge in [-0.1, -0.05) is 18.2 Å². The van der Waals surface area contributed by atoms with E-state index in [4.69, 9.17) is 9.15 Å². The number of carbonyl (C=O) groups excluding carboxylic acids is 3. The van der Waals surface area contributed by atoms with Gasteiger partial charge >= 0.3 is 5.97 Å². The van der Waals surface area contributed by atoms with E-state index >= 15 is 0 Å². The zero-order chi connectivity index (χ0) is 19.0. The zero-order valence-electron chi connectivity index (χ0n) is 14.9. The number of nitrogens with zero attached hydrogens (tertiary/aromatic N) is 1. The summed E-state index contributed by atoms with van der Waals surface area (Å²) in [5.74, 6) is 0.455. The number of carbonyl (C=O) groups is 3. The molecule has 2 amide bonds. The van der Waals surface area contributed by atoms with Crippen LogP contribution in [0.2, 0.25) is 0 Å². The number of benzene rings is 1. The second kappa shape index (κ2) is 5.44. The summed E-state index contributed by atoms with van der Waals surface area (Å²) in [6, 6.07) is 9.66. The molecule has 1 aromatic carbocycles. The number of ether oxygens (including phenoxy) is 1. The average Bonchev–Trinajstić information content (AvgIpc) is 3.26. The van der Waals surface area contributed by atoms with Crippen molar-refractivity contribution in [3.8, 4) is 5.75 Å². The van der Waals surface area contributed by atoms with Crippen LogP contribution in [0.4, 0.5) is 5.69 Å². The molecule has 2 heterocycles. The lowest BCUT2D eigenvalue weighted by Gasteiger charge is -2.37. The molecular formula is C22H17NO5. The summed E-state index contributed by atoms with van der Waals surface area (Å²) in [7, 11) is 0. The monoisotopic (exact) mass is 375 g/mol. The summed E-state index contributed by atoms with van der Waals surface area (Å²) < 4.78 is 10.4. The quantitative estimate of drug-likeness (QED) is 0.357. The lowest BCUT2D eigenvalue weighted by Crippen LogP contribution is -2.40. The number of amides is 2. The number of anilines is 1. The third-order valence-electron chi connectivity index (χ3n) is 6.67. The Morgan fingerprint density at radius 1 is 1.00 bits per heavy atom. The molecular weight excluding hydrogens is 358 g/mol. The van der Waals surface area contributed by atoms with E-state index in [0.29, 0.717) is 17.5 Å². The van der Waals surface area contributed by atoms with Gasteiger partial charge in [-0.25, -0.2) is 9.69 Å². The van der Waals surface area contributed by atoms with Gasteiger partial charge in [0, 0.05) is 6.07 Å². The Balaban J connectivity index is 1.30. The predicted octanol–water partition coefficient (Wildman–Crippen LogP) is 3.06. The van der Waals surface area contributed by atoms with Crippen LogP contribution in [0.25, 0.3) is 0 Å². The second-order valence-corrected chi connectivity index (χ2v) is 8.03. The molecule has 6 heteroatoms. The second-order valence-electron chi connectivity index (χ2n) is 8.03. The van der Waals surface area contributed by atoms with Gasteiger partial charge in [0.25, 0.3) is 0 Å². The van der Waals surface area contributed by atoms with Crippen molar-refractivity contribution in [2.75, 3.05) is 4.90 Å². The molecule has 0 N–H and O–H groups in total. The van der Waals surface area contributed by atoms with E-state index in [1.807, 2.05) is 0 Å². The molecule has 1 aromatic heterocycles. The van der Waals surface area contributed by atoms with Gasteiger partial charge in [0.1, 0.15) is 5.75 Å². The Morgan fingerprint density at radius 2 is 1.71 bits per heavy atom. The minimum Gasteiger partial charge on any atom is -0.457 e. The lowest BCUT2D eigenvalue weighted by molar-refractivity contribution is -0.124. The molecule has 2 saturated carbocycles. The summed E-state index contributed by atoms with van der Waals surface area (Å²) in [6.45, 7) is 0. The fourth-order valence-corrected chi connectivity index (χ4v) is 5.45. The summed E-state index contributed by atoms with van der Waals surface area (Å²) in [5.41, 5.74) is 0.446. The van der Waals surface area contributed by atoms with Crippen LogP contribution < -0.4 is 9.64 Å². The van der Waals surface area contributed by atoms with E-state index < -0.39 is 5.97 Å². The standard InChI is InChI=1S/C22H17NO5/c24-20-18-13-6-7-14(16-10-15(13)16)19(18)21(25)23(20)11-3-1-4-12(9-11)28-22(26)17-5-2-8-27-17/h1-9,13-16,18-19H,10H2/t13-,14-,15-,16+,18-,19+/m0/s1. The van der Waals surface area contributed by atoms with Crippen LogP contribution in [-0.4, -0.2) is 17.8 Å². The van der Waals surface area contributed by atoms with E-state index in [0.717, 1.165) is 6.42 Å². The number of hydrogen-bond acceptors (Lipinski definition) is 5. The molecule has 1 aliphatic heterocycles. The highest BCUT2D eigenvalue weighted by Gasteiger charge is 2.67. The summed E-state index contributed by atoms with van der Waals surface area (Å²) >= 11 is 0. The van der Waals surface area contributed by atoms with E-state index in [-0.39, 0.29) is 47.0 Å². The molecule has 3 fully saturated rings. The number of allylic oxidation sites excluding steroid dienone is 2. The Labute approximate surface area is 160 Å². The van der Waals surface area contributed by atoms with Gasteiger partial charge in [0.05, 0.1) is 23.8 Å². The van der Waals surface area contributed by atoms with Crippen LogP contribution >= 0.6 is 0 Å². The fourth-order valence-electron chi connectivity index (χ4n) is 5.45. The molecule has 2 bridgehead atoms. The first kappa shape index (κ1) is 15.9. The van der Waals surface area contributed by atoms with Crippen LogP contribution in [0.1, 0.15) is 17.0 Å². The molecule has 2 aromatic rings. The molecule has 0 spiro atoms. The molecule has 0 radical (unpaired) electrons. The van der Waals surface area contributed by atoms with Crippen LogP contribution in [0.3, 0.4) is 0 Å². The maximum atomic E-state index is 13.2. The van der Waals surface area contributed by atoms with Crippen molar-refractivity contribution in [1.29, 1.82) is 0 Å². The van der Waals surface area contributed by atoms with Crippen molar-refractivity contribution >= 4 is 23.5 Å². The lowest BCUT2D eigenvalue weighted by atomic mass is 9.63. The molecule has 28 heavy (non-hydrogen) atoms. The molecule has 5 aliphatic rings. The van der Waals surface area contributed by atoms with Crippen LogP contribution in [0.5, 0.6) is 5.75 Å². The van der Waals surface area contributed by atoms with Gasteiger partial charge in [-0.2, -0.15) is 0 Å². The first-order chi connectivity index (χ1) is 13.6. The van der Waals surface area contributed by atoms with Crippen molar-refractivity contribution in [2.45, 2.75) is 6.42 Å². The Kier molecular flexibility index (Phi) is 3.08. The molecule has 7 rings (SSSR count). The Morgan fingerprint density at radius 3 is 2.36 bits per heavy atom. The smallest absolute Gasteiger partial charge is 0.379 e. The Bertz CT molecular complexity index is 1000. The SMILES string of the molecule is O=C(Oc1cccc(N2C(=O)[C@@H]3[C@H]4C=C[C@@H]([C@@H]5C[C@H]45)[C@@H]3C2=O)c1)c1ccco1. The number of hydrogen-bond donors (Lipinski definition) is 0. The van der Waals surface area contributed by atoms with Gasteiger partial charge < -0.3 is 9.15 Å². The minimum absolute atomic E-state index is 0.0895. The van der Waals surface area contributed by atoms with E-state index in [1.165, 1.54) is 17.2 Å². The summed E-state index contributed by atoms with van der Waals surface area (Å²) in [4.78, 5) is 39.7. The largest absolute Gasteiger partial charge is 0.457 e. The average molecular weight is 375 g/mol. The number of imide groups is 1. The zero-order valence-corrected chi connectivity index (χ0v) is 14.9. The van der Waals surface area contributed by atoms with Gasteiger partial charge in [-0.05, 0) is 54.4 Å².